The fourth-order valence-corrected chi connectivity index (χ4v) is 3.57. The topological polar surface area (TPSA) is 29.9 Å². The number of aryl methyl sites for hydroxylation is 1. The van der Waals surface area contributed by atoms with Gasteiger partial charge in [0.2, 0.25) is 0 Å². The van der Waals surface area contributed by atoms with E-state index in [1.807, 2.05) is 10.9 Å². The third-order valence-corrected chi connectivity index (χ3v) is 4.74. The van der Waals surface area contributed by atoms with Crippen molar-refractivity contribution in [1.82, 2.24) is 15.1 Å². The molecule has 3 heteroatoms. The van der Waals surface area contributed by atoms with Crippen LogP contribution >= 0.6 is 0 Å². The lowest BCUT2D eigenvalue weighted by molar-refractivity contribution is 0.0204. The second kappa shape index (κ2) is 4.21. The third kappa shape index (κ3) is 1.41. The predicted octanol–water partition coefficient (Wildman–Crippen LogP) is 2.30. The van der Waals surface area contributed by atoms with Crippen LogP contribution in [0.15, 0.2) is 12.3 Å². The van der Waals surface area contributed by atoms with E-state index in [2.05, 4.69) is 44.4 Å². The number of hydrogen-bond donors (Lipinski definition) is 1. The molecule has 1 aromatic heterocycles. The molecule has 1 aliphatic rings. The van der Waals surface area contributed by atoms with Crippen LogP contribution in [-0.4, -0.2) is 22.9 Å². The van der Waals surface area contributed by atoms with Crippen molar-refractivity contribution in [2.24, 2.45) is 12.5 Å². The van der Waals surface area contributed by atoms with Gasteiger partial charge >= 0.3 is 0 Å². The van der Waals surface area contributed by atoms with E-state index in [1.165, 1.54) is 25.0 Å². The van der Waals surface area contributed by atoms with Crippen LogP contribution in [0.3, 0.4) is 0 Å². The van der Waals surface area contributed by atoms with Crippen LogP contribution in [0.1, 0.15) is 44.7 Å². The maximum absolute atomic E-state index is 4.30. The van der Waals surface area contributed by atoms with Gasteiger partial charge in [-0.15, -0.1) is 0 Å². The molecule has 0 saturated heterocycles. The Hall–Kier alpha value is -0.830. The normalized spacial score (nSPS) is 27.8. The summed E-state index contributed by atoms with van der Waals surface area (Å²) < 4.78 is 2.04. The van der Waals surface area contributed by atoms with Crippen LogP contribution in [0.4, 0.5) is 0 Å². The molecule has 0 aromatic carbocycles. The third-order valence-electron chi connectivity index (χ3n) is 4.74. The van der Waals surface area contributed by atoms with Gasteiger partial charge in [-0.1, -0.05) is 13.8 Å². The number of nitrogens with zero attached hydrogens (tertiary/aromatic N) is 2. The molecule has 1 fully saturated rings. The van der Waals surface area contributed by atoms with Crippen LogP contribution in [-0.2, 0) is 7.05 Å². The molecule has 1 N–H and O–H groups in total. The molecule has 0 amide bonds. The minimum Gasteiger partial charge on any atom is -0.316 e. The fraction of sp³-hybridized carbons (Fsp3) is 0.769. The van der Waals surface area contributed by atoms with Gasteiger partial charge in [0.15, 0.2) is 0 Å². The lowest BCUT2D eigenvalue weighted by Gasteiger charge is -2.56. The molecule has 1 aromatic rings. The lowest BCUT2D eigenvalue weighted by Crippen LogP contribution is -2.57. The second-order valence-corrected chi connectivity index (χ2v) is 4.95. The Balaban J connectivity index is 2.28. The van der Waals surface area contributed by atoms with E-state index < -0.39 is 0 Å². The van der Waals surface area contributed by atoms with Crippen molar-refractivity contribution >= 4 is 0 Å². The van der Waals surface area contributed by atoms with Crippen molar-refractivity contribution in [2.45, 2.75) is 45.1 Å². The first-order chi connectivity index (χ1) is 7.69. The molecule has 3 nitrogen and oxygen atoms in total. The molecule has 0 bridgehead atoms. The molecule has 2 unspecified atom stereocenters. The Morgan fingerprint density at radius 1 is 1.50 bits per heavy atom. The summed E-state index contributed by atoms with van der Waals surface area (Å²) in [4.78, 5) is 0. The van der Waals surface area contributed by atoms with E-state index >= 15 is 0 Å². The number of rotatable bonds is 4. The largest absolute Gasteiger partial charge is 0.316 e. The number of aromatic nitrogens is 2. The number of nitrogens with one attached hydrogen (secondary N) is 1. The first-order valence-electron chi connectivity index (χ1n) is 6.34. The van der Waals surface area contributed by atoms with Gasteiger partial charge in [0.1, 0.15) is 0 Å². The summed E-state index contributed by atoms with van der Waals surface area (Å²) >= 11 is 0. The Morgan fingerprint density at radius 3 is 2.62 bits per heavy atom. The highest BCUT2D eigenvalue weighted by Gasteiger charge is 2.53. The van der Waals surface area contributed by atoms with Crippen molar-refractivity contribution in [2.75, 3.05) is 7.05 Å². The van der Waals surface area contributed by atoms with Crippen LogP contribution < -0.4 is 5.32 Å². The molecule has 90 valence electrons. The molecular formula is C13H23N3. The van der Waals surface area contributed by atoms with Gasteiger partial charge in [0.25, 0.3) is 0 Å². The zero-order chi connectivity index (χ0) is 11.8. The quantitative estimate of drug-likeness (QED) is 0.845. The Morgan fingerprint density at radius 2 is 2.19 bits per heavy atom. The van der Waals surface area contributed by atoms with Gasteiger partial charge in [0, 0.05) is 30.9 Å². The summed E-state index contributed by atoms with van der Waals surface area (Å²) in [5.74, 6) is 0.674. The molecular weight excluding hydrogens is 198 g/mol. The van der Waals surface area contributed by atoms with Gasteiger partial charge in [-0.3, -0.25) is 4.68 Å². The minimum atomic E-state index is 0.433. The van der Waals surface area contributed by atoms with Crippen LogP contribution in [0.2, 0.25) is 0 Å². The van der Waals surface area contributed by atoms with E-state index in [1.54, 1.807) is 0 Å². The maximum Gasteiger partial charge on any atom is 0.0492 e. The minimum absolute atomic E-state index is 0.433. The zero-order valence-electron chi connectivity index (χ0n) is 10.8. The summed E-state index contributed by atoms with van der Waals surface area (Å²) in [5.41, 5.74) is 1.83. The van der Waals surface area contributed by atoms with E-state index in [-0.39, 0.29) is 0 Å². The summed E-state index contributed by atoms with van der Waals surface area (Å²) in [7, 11) is 4.14. The molecule has 2 rings (SSSR count). The van der Waals surface area contributed by atoms with E-state index in [4.69, 9.17) is 0 Å². The smallest absolute Gasteiger partial charge is 0.0492 e. The van der Waals surface area contributed by atoms with Crippen LogP contribution in [0, 0.1) is 5.41 Å². The van der Waals surface area contributed by atoms with Gasteiger partial charge in [0.05, 0.1) is 0 Å². The standard InChI is InChI=1S/C13H23N3/c1-5-13(6-2)10(9-12(13)14-3)11-7-8-15-16(11)4/h7-8,10,12,14H,5-6,9H2,1-4H3. The molecule has 1 aliphatic carbocycles. The van der Waals surface area contributed by atoms with E-state index in [0.717, 1.165) is 0 Å². The molecule has 1 saturated carbocycles. The van der Waals surface area contributed by atoms with Crippen LogP contribution in [0.25, 0.3) is 0 Å². The number of hydrogen-bond acceptors (Lipinski definition) is 2. The van der Waals surface area contributed by atoms with Crippen molar-refractivity contribution in [3.05, 3.63) is 18.0 Å². The Bertz CT molecular complexity index is 352. The highest BCUT2D eigenvalue weighted by molar-refractivity contribution is 5.22. The van der Waals surface area contributed by atoms with E-state index in [9.17, 15) is 0 Å². The summed E-state index contributed by atoms with van der Waals surface area (Å²) in [6, 6.07) is 2.85. The monoisotopic (exact) mass is 221 g/mol. The Kier molecular flexibility index (Phi) is 3.06. The average Bonchev–Trinajstić information content (AvgIpc) is 2.66. The predicted molar refractivity (Wildman–Crippen MR) is 66.4 cm³/mol. The molecule has 16 heavy (non-hydrogen) atoms. The molecule has 2 atom stereocenters. The molecule has 0 aliphatic heterocycles. The molecule has 1 heterocycles. The SMILES string of the molecule is CCC1(CC)C(NC)CC1c1ccnn1C. The van der Waals surface area contributed by atoms with Gasteiger partial charge in [-0.25, -0.2) is 0 Å². The molecule has 0 radical (unpaired) electrons. The lowest BCUT2D eigenvalue weighted by atomic mass is 9.52. The van der Waals surface area contributed by atoms with Gasteiger partial charge in [-0.2, -0.15) is 5.10 Å². The Labute approximate surface area is 98.2 Å². The zero-order valence-corrected chi connectivity index (χ0v) is 10.8. The average molecular weight is 221 g/mol. The first-order valence-corrected chi connectivity index (χ1v) is 6.34. The van der Waals surface area contributed by atoms with Crippen molar-refractivity contribution in [1.29, 1.82) is 0 Å². The van der Waals surface area contributed by atoms with Gasteiger partial charge in [-0.05, 0) is 37.8 Å². The fourth-order valence-electron chi connectivity index (χ4n) is 3.57. The van der Waals surface area contributed by atoms with Crippen molar-refractivity contribution in [3.63, 3.8) is 0 Å². The van der Waals surface area contributed by atoms with Crippen molar-refractivity contribution < 1.29 is 0 Å². The summed E-state index contributed by atoms with van der Waals surface area (Å²) in [5, 5.41) is 7.78. The molecule has 0 spiro atoms. The highest BCUT2D eigenvalue weighted by Crippen LogP contribution is 2.56. The highest BCUT2D eigenvalue weighted by atomic mass is 15.3. The second-order valence-electron chi connectivity index (χ2n) is 4.95. The summed E-state index contributed by atoms with van der Waals surface area (Å²) in [6.07, 6.45) is 5.64. The van der Waals surface area contributed by atoms with E-state index in [0.29, 0.717) is 17.4 Å². The first kappa shape index (κ1) is 11.6. The van der Waals surface area contributed by atoms with Crippen molar-refractivity contribution in [3.8, 4) is 0 Å². The van der Waals surface area contributed by atoms with Crippen LogP contribution in [0.5, 0.6) is 0 Å². The summed E-state index contributed by atoms with van der Waals surface area (Å²) in [6.45, 7) is 4.63. The van der Waals surface area contributed by atoms with Gasteiger partial charge < -0.3 is 5.32 Å². The maximum atomic E-state index is 4.30.